The van der Waals surface area contributed by atoms with Crippen LogP contribution in [0.25, 0.3) is 0 Å². The van der Waals surface area contributed by atoms with Gasteiger partial charge in [-0.25, -0.2) is 13.8 Å². The van der Waals surface area contributed by atoms with Crippen LogP contribution in [0.4, 0.5) is 16.2 Å². The quantitative estimate of drug-likeness (QED) is 0.582. The van der Waals surface area contributed by atoms with Gasteiger partial charge in [-0.05, 0) is 42.5 Å². The Morgan fingerprint density at radius 1 is 1.32 bits per heavy atom. The van der Waals surface area contributed by atoms with Gasteiger partial charge in [-0.3, -0.25) is 4.68 Å². The largest absolute Gasteiger partial charge is 1.00 e. The summed E-state index contributed by atoms with van der Waals surface area (Å²) in [4.78, 5) is 12.5. The predicted octanol–water partition coefficient (Wildman–Crippen LogP) is 0.365. The smallest absolute Gasteiger partial charge is 1.00 e. The molecule has 2 heterocycles. The number of urea groups is 1. The normalized spacial score (nSPS) is 14.7. The second-order valence-electron chi connectivity index (χ2n) is 7.50. The third kappa shape index (κ3) is 6.84. The Bertz CT molecular complexity index is 1010. The molecule has 9 nitrogen and oxygen atoms in total. The van der Waals surface area contributed by atoms with E-state index in [0.717, 1.165) is 5.56 Å². The van der Waals surface area contributed by atoms with Crippen molar-refractivity contribution in [2.75, 3.05) is 22.8 Å². The number of ether oxygens (including phenoxy) is 1. The van der Waals surface area contributed by atoms with Gasteiger partial charge in [0.2, 0.25) is 0 Å². The van der Waals surface area contributed by atoms with Gasteiger partial charge in [0.05, 0.1) is 17.9 Å². The van der Waals surface area contributed by atoms with E-state index in [-0.39, 0.29) is 42.9 Å². The average molecular weight is 480 g/mol. The molecule has 1 aromatic carbocycles. The summed E-state index contributed by atoms with van der Waals surface area (Å²) in [6.07, 6.45) is 4.09. The third-order valence-corrected chi connectivity index (χ3v) is 6.48. The van der Waals surface area contributed by atoms with Crippen LogP contribution in [0.3, 0.4) is 0 Å². The summed E-state index contributed by atoms with van der Waals surface area (Å²) in [5, 5.41) is 7.08. The Morgan fingerprint density at radius 2 is 2.00 bits per heavy atom. The minimum atomic E-state index is -4.19. The standard InChI is InChI=1S/C19H26ClN5O4S.Na.H/c1-13(2)14-8-15(20)10-16(9-14)22-19(26)23-30(27,28)25(17-4-6-29-7-5-17)18-11-21-24(3)12-18;;/h8-13,17H,4-7H2,1-3H3,(H2,22,23,26);;/q;+1;-1. The average Bonchev–Trinajstić information content (AvgIpc) is 3.06. The fourth-order valence-electron chi connectivity index (χ4n) is 3.33. The molecular weight excluding hydrogens is 453 g/mol. The number of amides is 2. The summed E-state index contributed by atoms with van der Waals surface area (Å²) >= 11 is 6.13. The first-order chi connectivity index (χ1) is 14.2. The first-order valence-electron chi connectivity index (χ1n) is 9.66. The number of hydrogen-bond donors (Lipinski definition) is 2. The number of benzene rings is 1. The molecule has 0 spiro atoms. The topological polar surface area (TPSA) is 106 Å². The molecule has 1 aromatic heterocycles. The van der Waals surface area contributed by atoms with Crippen molar-refractivity contribution < 1.29 is 48.9 Å². The Labute approximate surface area is 211 Å². The van der Waals surface area contributed by atoms with E-state index in [9.17, 15) is 13.2 Å². The van der Waals surface area contributed by atoms with E-state index >= 15 is 0 Å². The fourth-order valence-corrected chi connectivity index (χ4v) is 4.93. The van der Waals surface area contributed by atoms with Crippen molar-refractivity contribution in [1.29, 1.82) is 0 Å². The Hall–Kier alpha value is -1.30. The molecule has 0 unspecified atom stereocenters. The number of rotatable bonds is 6. The van der Waals surface area contributed by atoms with E-state index < -0.39 is 16.2 Å². The van der Waals surface area contributed by atoms with Gasteiger partial charge < -0.3 is 11.5 Å². The minimum absolute atomic E-state index is 0. The molecule has 12 heteroatoms. The number of carbonyl (C=O) groups is 1. The summed E-state index contributed by atoms with van der Waals surface area (Å²) in [5.41, 5.74) is 1.73. The van der Waals surface area contributed by atoms with E-state index in [1.165, 1.54) is 15.2 Å². The molecule has 1 aliphatic rings. The van der Waals surface area contributed by atoms with Gasteiger partial charge in [0.15, 0.2) is 0 Å². The molecular formula is C19H27ClN5NaO4S. The van der Waals surface area contributed by atoms with Crippen LogP contribution in [0, 0.1) is 0 Å². The van der Waals surface area contributed by atoms with Crippen molar-refractivity contribution >= 4 is 39.2 Å². The second-order valence-corrected chi connectivity index (χ2v) is 9.48. The van der Waals surface area contributed by atoms with E-state index in [1.54, 1.807) is 31.4 Å². The van der Waals surface area contributed by atoms with E-state index in [4.69, 9.17) is 16.3 Å². The molecule has 0 saturated carbocycles. The van der Waals surface area contributed by atoms with Crippen LogP contribution in [0.1, 0.15) is 39.6 Å². The Morgan fingerprint density at radius 3 is 2.58 bits per heavy atom. The van der Waals surface area contributed by atoms with Crippen molar-refractivity contribution in [3.63, 3.8) is 0 Å². The summed E-state index contributed by atoms with van der Waals surface area (Å²) in [7, 11) is -2.49. The molecule has 1 saturated heterocycles. The van der Waals surface area contributed by atoms with Crippen LogP contribution >= 0.6 is 11.6 Å². The zero-order valence-corrected chi connectivity index (χ0v) is 21.7. The molecule has 2 aromatic rings. The Kier molecular flexibility index (Phi) is 9.23. The van der Waals surface area contributed by atoms with Gasteiger partial charge in [-0.1, -0.05) is 25.4 Å². The molecule has 31 heavy (non-hydrogen) atoms. The van der Waals surface area contributed by atoms with Gasteiger partial charge in [-0.15, -0.1) is 0 Å². The first kappa shape index (κ1) is 26.0. The molecule has 0 radical (unpaired) electrons. The second kappa shape index (κ2) is 11.0. The molecule has 1 aliphatic heterocycles. The maximum atomic E-state index is 13.1. The number of anilines is 2. The van der Waals surface area contributed by atoms with Crippen molar-refractivity contribution in [3.05, 3.63) is 41.2 Å². The van der Waals surface area contributed by atoms with E-state index in [1.807, 2.05) is 13.8 Å². The summed E-state index contributed by atoms with van der Waals surface area (Å²) in [5.74, 6) is 0.200. The zero-order valence-electron chi connectivity index (χ0n) is 19.1. The number of aryl methyl sites for hydroxylation is 1. The maximum absolute atomic E-state index is 13.1. The zero-order chi connectivity index (χ0) is 21.9. The molecule has 0 atom stereocenters. The van der Waals surface area contributed by atoms with E-state index in [2.05, 4.69) is 15.1 Å². The number of nitrogens with zero attached hydrogens (tertiary/aromatic N) is 3. The predicted molar refractivity (Wildman–Crippen MR) is 117 cm³/mol. The fraction of sp³-hybridized carbons (Fsp3) is 0.474. The van der Waals surface area contributed by atoms with Crippen LogP contribution in [-0.4, -0.2) is 43.5 Å². The third-order valence-electron chi connectivity index (χ3n) is 4.79. The first-order valence-corrected chi connectivity index (χ1v) is 11.5. The summed E-state index contributed by atoms with van der Waals surface area (Å²) in [6, 6.07) is 3.93. The van der Waals surface area contributed by atoms with Crippen molar-refractivity contribution in [2.24, 2.45) is 7.05 Å². The van der Waals surface area contributed by atoms with E-state index in [0.29, 0.717) is 42.5 Å². The molecule has 1 fully saturated rings. The van der Waals surface area contributed by atoms with Crippen molar-refractivity contribution in [2.45, 2.75) is 38.6 Å². The van der Waals surface area contributed by atoms with Gasteiger partial charge in [0, 0.05) is 37.2 Å². The van der Waals surface area contributed by atoms with Crippen LogP contribution in [0.2, 0.25) is 5.02 Å². The molecule has 2 amide bonds. The number of carbonyl (C=O) groups excluding carboxylic acids is 1. The van der Waals surface area contributed by atoms with Gasteiger partial charge in [-0.2, -0.15) is 13.5 Å². The number of aromatic nitrogens is 2. The summed E-state index contributed by atoms with van der Waals surface area (Å²) < 4.78 is 36.4. The van der Waals surface area contributed by atoms with Gasteiger partial charge >= 0.3 is 45.8 Å². The minimum Gasteiger partial charge on any atom is -1.00 e. The number of nitrogens with one attached hydrogen (secondary N) is 2. The Balaban J connectivity index is 0.00000256. The van der Waals surface area contributed by atoms with Crippen LogP contribution < -0.4 is 43.9 Å². The van der Waals surface area contributed by atoms with Crippen molar-refractivity contribution in [3.8, 4) is 0 Å². The molecule has 0 bridgehead atoms. The van der Waals surface area contributed by atoms with Gasteiger partial charge in [0.25, 0.3) is 0 Å². The molecule has 166 valence electrons. The SMILES string of the molecule is CC(C)c1cc(Cl)cc(NC(=O)NS(=O)(=O)N(c2cnn(C)c2)C2CCOCC2)c1.[H-].[Na+]. The molecule has 0 aliphatic carbocycles. The number of halogens is 1. The monoisotopic (exact) mass is 479 g/mol. The molecule has 2 N–H and O–H groups in total. The van der Waals surface area contributed by atoms with Crippen LogP contribution in [-0.2, 0) is 22.0 Å². The number of hydrogen-bond acceptors (Lipinski definition) is 5. The van der Waals surface area contributed by atoms with Crippen LogP contribution in [0.15, 0.2) is 30.6 Å². The maximum Gasteiger partial charge on any atom is 1.00 e. The van der Waals surface area contributed by atoms with Crippen LogP contribution in [0.5, 0.6) is 0 Å². The van der Waals surface area contributed by atoms with Crippen molar-refractivity contribution in [1.82, 2.24) is 14.5 Å². The van der Waals surface area contributed by atoms with Gasteiger partial charge in [0.1, 0.15) is 0 Å². The molecule has 3 rings (SSSR count). The summed E-state index contributed by atoms with van der Waals surface area (Å²) in [6.45, 7) is 4.90.